The van der Waals surface area contributed by atoms with Gasteiger partial charge in [0.15, 0.2) is 6.29 Å². The number of carbonyl (C=O) groups excluding carboxylic acids is 1. The molecule has 0 spiro atoms. The molecule has 1 aromatic heterocycles. The lowest BCUT2D eigenvalue weighted by atomic mass is 9.79. The van der Waals surface area contributed by atoms with Gasteiger partial charge in [-0.1, -0.05) is 22.0 Å². The minimum Gasteiger partial charge on any atom is -0.297 e. The van der Waals surface area contributed by atoms with Crippen LogP contribution in [0, 0.1) is 6.92 Å². The molecule has 0 fully saturated rings. The van der Waals surface area contributed by atoms with E-state index in [4.69, 9.17) is 0 Å². The third-order valence-electron chi connectivity index (χ3n) is 3.89. The van der Waals surface area contributed by atoms with Crippen molar-refractivity contribution in [2.45, 2.75) is 32.1 Å². The summed E-state index contributed by atoms with van der Waals surface area (Å²) in [6.45, 7) is 2.12. The molecule has 0 amide bonds. The zero-order valence-electron chi connectivity index (χ0n) is 10.8. The minimum absolute atomic E-state index is 0.450. The Morgan fingerprint density at radius 2 is 2.16 bits per heavy atom. The van der Waals surface area contributed by atoms with Gasteiger partial charge in [0.05, 0.1) is 4.88 Å². The number of hydrogen-bond acceptors (Lipinski definition) is 2. The van der Waals surface area contributed by atoms with Crippen molar-refractivity contribution >= 4 is 33.6 Å². The van der Waals surface area contributed by atoms with E-state index in [2.05, 4.69) is 47.1 Å². The predicted octanol–water partition coefficient (Wildman–Crippen LogP) is 5.10. The standard InChI is InChI=1S/C16H15BrOS/c1-10-15(8-13(9-18)19-10)14-4-2-3-11-5-6-12(17)7-16(11)14/h5-9,14H,2-4H2,1H3. The molecule has 0 saturated heterocycles. The van der Waals surface area contributed by atoms with E-state index in [-0.39, 0.29) is 0 Å². The molecule has 3 heteroatoms. The summed E-state index contributed by atoms with van der Waals surface area (Å²) in [7, 11) is 0. The average Bonchev–Trinajstić information content (AvgIpc) is 2.79. The second kappa shape index (κ2) is 5.22. The molecule has 1 nitrogen and oxygen atoms in total. The Kier molecular flexibility index (Phi) is 3.59. The largest absolute Gasteiger partial charge is 0.297 e. The number of fused-ring (bicyclic) bond motifs is 1. The normalized spacial score (nSPS) is 18.1. The van der Waals surface area contributed by atoms with Gasteiger partial charge in [0.25, 0.3) is 0 Å². The lowest BCUT2D eigenvalue weighted by Crippen LogP contribution is -2.11. The van der Waals surface area contributed by atoms with E-state index in [1.165, 1.54) is 40.8 Å². The Hall–Kier alpha value is -0.930. The van der Waals surface area contributed by atoms with E-state index in [0.717, 1.165) is 15.6 Å². The zero-order chi connectivity index (χ0) is 13.4. The van der Waals surface area contributed by atoms with Gasteiger partial charge in [-0.15, -0.1) is 11.3 Å². The average molecular weight is 335 g/mol. The fraction of sp³-hybridized carbons (Fsp3) is 0.312. The van der Waals surface area contributed by atoms with Crippen LogP contribution in [0.2, 0.25) is 0 Å². The van der Waals surface area contributed by atoms with Gasteiger partial charge in [-0.2, -0.15) is 0 Å². The lowest BCUT2D eigenvalue weighted by molar-refractivity contribution is 0.112. The van der Waals surface area contributed by atoms with Gasteiger partial charge in [-0.25, -0.2) is 0 Å². The Bertz CT molecular complexity index is 630. The first-order valence-electron chi connectivity index (χ1n) is 6.53. The molecule has 0 N–H and O–H groups in total. The number of thiophene rings is 1. The summed E-state index contributed by atoms with van der Waals surface area (Å²) < 4.78 is 1.14. The lowest BCUT2D eigenvalue weighted by Gasteiger charge is -2.26. The molecule has 1 unspecified atom stereocenters. The molecule has 1 heterocycles. The Morgan fingerprint density at radius 3 is 2.89 bits per heavy atom. The zero-order valence-corrected chi connectivity index (χ0v) is 13.2. The molecule has 1 aliphatic rings. The van der Waals surface area contributed by atoms with Crippen molar-refractivity contribution in [3.63, 3.8) is 0 Å². The molecule has 1 aromatic carbocycles. The molecule has 0 radical (unpaired) electrons. The summed E-state index contributed by atoms with van der Waals surface area (Å²) in [5.41, 5.74) is 4.22. The number of aryl methyl sites for hydroxylation is 2. The molecule has 0 saturated carbocycles. The highest BCUT2D eigenvalue weighted by Crippen LogP contribution is 2.41. The number of benzene rings is 1. The van der Waals surface area contributed by atoms with Crippen molar-refractivity contribution in [3.05, 3.63) is 55.2 Å². The third kappa shape index (κ3) is 2.41. The second-order valence-electron chi connectivity index (χ2n) is 5.07. The van der Waals surface area contributed by atoms with Crippen molar-refractivity contribution in [3.8, 4) is 0 Å². The smallest absolute Gasteiger partial charge is 0.160 e. The van der Waals surface area contributed by atoms with Crippen molar-refractivity contribution in [1.82, 2.24) is 0 Å². The topological polar surface area (TPSA) is 17.1 Å². The second-order valence-corrected chi connectivity index (χ2v) is 7.27. The molecular formula is C16H15BrOS. The van der Waals surface area contributed by atoms with E-state index in [9.17, 15) is 4.79 Å². The summed E-state index contributed by atoms with van der Waals surface area (Å²) in [4.78, 5) is 13.1. The number of rotatable bonds is 2. The summed E-state index contributed by atoms with van der Waals surface area (Å²) >= 11 is 5.18. The number of aldehydes is 1. The minimum atomic E-state index is 0.450. The highest BCUT2D eigenvalue weighted by atomic mass is 79.9. The van der Waals surface area contributed by atoms with E-state index in [0.29, 0.717) is 5.92 Å². The fourth-order valence-electron chi connectivity index (χ4n) is 3.02. The highest BCUT2D eigenvalue weighted by molar-refractivity contribution is 9.10. The molecular weight excluding hydrogens is 320 g/mol. The van der Waals surface area contributed by atoms with E-state index in [1.807, 2.05) is 0 Å². The summed E-state index contributed by atoms with van der Waals surface area (Å²) in [5.74, 6) is 0.450. The van der Waals surface area contributed by atoms with Crippen molar-refractivity contribution in [1.29, 1.82) is 0 Å². The molecule has 98 valence electrons. The summed E-state index contributed by atoms with van der Waals surface area (Å²) in [5, 5.41) is 0. The van der Waals surface area contributed by atoms with Crippen LogP contribution in [0.1, 0.15) is 50.0 Å². The maximum absolute atomic E-state index is 11.0. The molecule has 1 atom stereocenters. The molecule has 3 rings (SSSR count). The molecule has 0 aliphatic heterocycles. The third-order valence-corrected chi connectivity index (χ3v) is 5.37. The van der Waals surface area contributed by atoms with Crippen LogP contribution in [0.5, 0.6) is 0 Å². The van der Waals surface area contributed by atoms with Crippen LogP contribution in [-0.2, 0) is 6.42 Å². The monoisotopic (exact) mass is 334 g/mol. The Labute approximate surface area is 125 Å². The summed E-state index contributed by atoms with van der Waals surface area (Å²) in [6.07, 6.45) is 4.54. The fourth-order valence-corrected chi connectivity index (χ4v) is 4.30. The van der Waals surface area contributed by atoms with Crippen molar-refractivity contribution in [2.75, 3.05) is 0 Å². The number of carbonyl (C=O) groups is 1. The van der Waals surface area contributed by atoms with Crippen molar-refractivity contribution in [2.24, 2.45) is 0 Å². The Morgan fingerprint density at radius 1 is 1.32 bits per heavy atom. The molecule has 2 aromatic rings. The van der Waals surface area contributed by atoms with E-state index < -0.39 is 0 Å². The summed E-state index contributed by atoms with van der Waals surface area (Å²) in [6, 6.07) is 8.68. The first kappa shape index (κ1) is 13.1. The Balaban J connectivity index is 2.09. The quantitative estimate of drug-likeness (QED) is 0.698. The van der Waals surface area contributed by atoms with Gasteiger partial charge in [-0.3, -0.25) is 4.79 Å². The SMILES string of the molecule is Cc1sc(C=O)cc1C1CCCc2ccc(Br)cc21. The van der Waals surface area contributed by atoms with Crippen LogP contribution in [-0.4, -0.2) is 6.29 Å². The van der Waals surface area contributed by atoms with Gasteiger partial charge in [0, 0.05) is 15.3 Å². The molecule has 19 heavy (non-hydrogen) atoms. The maximum Gasteiger partial charge on any atom is 0.160 e. The van der Waals surface area contributed by atoms with E-state index in [1.54, 1.807) is 11.3 Å². The van der Waals surface area contributed by atoms with Gasteiger partial charge in [-0.05, 0) is 61.1 Å². The van der Waals surface area contributed by atoms with Crippen LogP contribution in [0.15, 0.2) is 28.7 Å². The van der Waals surface area contributed by atoms with Gasteiger partial charge >= 0.3 is 0 Å². The van der Waals surface area contributed by atoms with Gasteiger partial charge in [0.2, 0.25) is 0 Å². The van der Waals surface area contributed by atoms with Crippen LogP contribution in [0.25, 0.3) is 0 Å². The van der Waals surface area contributed by atoms with E-state index >= 15 is 0 Å². The maximum atomic E-state index is 11.0. The predicted molar refractivity (Wildman–Crippen MR) is 83.4 cm³/mol. The molecule has 1 aliphatic carbocycles. The van der Waals surface area contributed by atoms with Gasteiger partial charge in [0.1, 0.15) is 0 Å². The van der Waals surface area contributed by atoms with Crippen LogP contribution < -0.4 is 0 Å². The van der Waals surface area contributed by atoms with Crippen LogP contribution >= 0.6 is 27.3 Å². The number of halogens is 1. The van der Waals surface area contributed by atoms with Crippen molar-refractivity contribution < 1.29 is 4.79 Å². The van der Waals surface area contributed by atoms with Crippen LogP contribution in [0.3, 0.4) is 0 Å². The van der Waals surface area contributed by atoms with Gasteiger partial charge < -0.3 is 0 Å². The van der Waals surface area contributed by atoms with Crippen LogP contribution in [0.4, 0.5) is 0 Å². The first-order chi connectivity index (χ1) is 9.19. The number of hydrogen-bond donors (Lipinski definition) is 0. The first-order valence-corrected chi connectivity index (χ1v) is 8.14. The highest BCUT2D eigenvalue weighted by Gasteiger charge is 2.24. The molecule has 0 bridgehead atoms.